The first-order chi connectivity index (χ1) is 15.0. The zero-order chi connectivity index (χ0) is 21.8. The van der Waals surface area contributed by atoms with Gasteiger partial charge in [0.25, 0.3) is 0 Å². The number of aliphatic hydroxyl groups excluding tert-OH is 1. The summed E-state index contributed by atoms with van der Waals surface area (Å²) in [7, 11) is 0. The van der Waals surface area contributed by atoms with E-state index in [0.717, 1.165) is 36.5 Å². The fourth-order valence-electron chi connectivity index (χ4n) is 5.69. The molecule has 0 unspecified atom stereocenters. The van der Waals surface area contributed by atoms with Crippen molar-refractivity contribution in [3.05, 3.63) is 53.1 Å². The van der Waals surface area contributed by atoms with Crippen molar-refractivity contribution in [1.29, 1.82) is 5.26 Å². The Bertz CT molecular complexity index is 1220. The lowest BCUT2D eigenvalue weighted by molar-refractivity contribution is -0.102. The van der Waals surface area contributed by atoms with Gasteiger partial charge in [-0.1, -0.05) is 44.0 Å². The maximum Gasteiger partial charge on any atom is 0.205 e. The number of aromatic nitrogens is 1. The molecular formula is C25H26N2O4. The summed E-state index contributed by atoms with van der Waals surface area (Å²) < 4.78 is 8.02. The van der Waals surface area contributed by atoms with Crippen LogP contribution in [0.4, 0.5) is 0 Å². The number of nitriles is 1. The Morgan fingerprint density at radius 1 is 1.00 bits per heavy atom. The van der Waals surface area contributed by atoms with E-state index in [-0.39, 0.29) is 18.4 Å². The Balaban J connectivity index is 1.78. The van der Waals surface area contributed by atoms with Crippen molar-refractivity contribution in [2.45, 2.75) is 56.7 Å². The average Bonchev–Trinajstić information content (AvgIpc) is 3.38. The SMILES string of the molecule is CCCC[C@]12CC[C@](CCO)(O1)c1c2c(O)n(-c2ccc(C#N)c3ccccc23)c1O. The predicted octanol–water partition coefficient (Wildman–Crippen LogP) is 4.70. The van der Waals surface area contributed by atoms with Gasteiger partial charge in [0.2, 0.25) is 11.8 Å². The molecule has 5 rings (SSSR count). The second-order valence-corrected chi connectivity index (χ2v) is 8.69. The van der Waals surface area contributed by atoms with Gasteiger partial charge in [0.1, 0.15) is 11.2 Å². The summed E-state index contributed by atoms with van der Waals surface area (Å²) in [6.45, 7) is 2.06. The number of ether oxygens (including phenoxy) is 1. The quantitative estimate of drug-likeness (QED) is 0.539. The molecule has 0 saturated carbocycles. The highest BCUT2D eigenvalue weighted by molar-refractivity contribution is 5.95. The van der Waals surface area contributed by atoms with Gasteiger partial charge in [0.05, 0.1) is 28.4 Å². The maximum atomic E-state index is 11.4. The van der Waals surface area contributed by atoms with E-state index < -0.39 is 11.2 Å². The van der Waals surface area contributed by atoms with Crippen LogP contribution >= 0.6 is 0 Å². The van der Waals surface area contributed by atoms with Crippen molar-refractivity contribution < 1.29 is 20.1 Å². The summed E-state index contributed by atoms with van der Waals surface area (Å²) in [4.78, 5) is 0. The van der Waals surface area contributed by atoms with Crippen molar-refractivity contribution in [3.63, 3.8) is 0 Å². The lowest BCUT2D eigenvalue weighted by Gasteiger charge is -2.27. The van der Waals surface area contributed by atoms with Crippen LogP contribution < -0.4 is 0 Å². The monoisotopic (exact) mass is 418 g/mol. The molecule has 2 bridgehead atoms. The number of unbranched alkanes of at least 4 members (excludes halogenated alkanes) is 1. The van der Waals surface area contributed by atoms with E-state index >= 15 is 0 Å². The topological polar surface area (TPSA) is 98.6 Å². The lowest BCUT2D eigenvalue weighted by atomic mass is 9.75. The maximum absolute atomic E-state index is 11.4. The largest absolute Gasteiger partial charge is 0.494 e. The Morgan fingerprint density at radius 2 is 1.65 bits per heavy atom. The normalized spacial score (nSPS) is 23.9. The number of hydrogen-bond donors (Lipinski definition) is 3. The molecule has 0 amide bonds. The van der Waals surface area contributed by atoms with Gasteiger partial charge in [-0.05, 0) is 31.4 Å². The van der Waals surface area contributed by atoms with Crippen LogP contribution in [0.15, 0.2) is 36.4 Å². The molecule has 0 spiro atoms. The summed E-state index contributed by atoms with van der Waals surface area (Å²) in [5.74, 6) is -0.0631. The predicted molar refractivity (Wildman–Crippen MR) is 116 cm³/mol. The van der Waals surface area contributed by atoms with Crippen LogP contribution in [0.5, 0.6) is 11.8 Å². The van der Waals surface area contributed by atoms with Crippen molar-refractivity contribution in [2.24, 2.45) is 0 Å². The molecule has 2 aliphatic heterocycles. The van der Waals surface area contributed by atoms with E-state index in [1.54, 1.807) is 12.1 Å². The third-order valence-electron chi connectivity index (χ3n) is 7.07. The molecule has 3 N–H and O–H groups in total. The molecule has 6 nitrogen and oxygen atoms in total. The summed E-state index contributed by atoms with van der Waals surface area (Å²) >= 11 is 0. The van der Waals surface area contributed by atoms with E-state index in [4.69, 9.17) is 4.74 Å². The minimum Gasteiger partial charge on any atom is -0.494 e. The standard InChI is InChI=1S/C25H26N2O4/c1-2-3-10-24-11-12-25(31-24,13-14-28)21-20(24)22(29)27(23(21)30)19-9-8-16(15-26)17-6-4-5-7-18(17)19/h4-9,28-30H,2-3,10-14H2,1H3/t24-,25-/m1/s1. The molecular weight excluding hydrogens is 392 g/mol. The Kier molecular flexibility index (Phi) is 4.51. The molecule has 3 heterocycles. The molecule has 31 heavy (non-hydrogen) atoms. The minimum absolute atomic E-state index is 0.0158. The van der Waals surface area contributed by atoms with Crippen molar-refractivity contribution in [3.8, 4) is 23.5 Å². The molecule has 2 atom stereocenters. The Hall–Kier alpha value is -3.01. The number of aliphatic hydroxyl groups is 1. The van der Waals surface area contributed by atoms with E-state index in [2.05, 4.69) is 13.0 Å². The molecule has 160 valence electrons. The second-order valence-electron chi connectivity index (χ2n) is 8.69. The summed E-state index contributed by atoms with van der Waals surface area (Å²) in [6, 6.07) is 13.2. The van der Waals surface area contributed by atoms with E-state index in [9.17, 15) is 20.6 Å². The molecule has 1 aromatic heterocycles. The highest BCUT2D eigenvalue weighted by Crippen LogP contribution is 2.67. The number of nitrogens with zero attached hydrogens (tertiary/aromatic N) is 2. The van der Waals surface area contributed by atoms with Gasteiger partial charge in [-0.3, -0.25) is 4.57 Å². The van der Waals surface area contributed by atoms with Gasteiger partial charge < -0.3 is 20.1 Å². The van der Waals surface area contributed by atoms with Crippen LogP contribution in [-0.2, 0) is 15.9 Å². The zero-order valence-corrected chi connectivity index (χ0v) is 17.6. The Labute approximate surface area is 180 Å². The third kappa shape index (κ3) is 2.57. The van der Waals surface area contributed by atoms with Gasteiger partial charge in [0, 0.05) is 23.8 Å². The smallest absolute Gasteiger partial charge is 0.205 e. The highest BCUT2D eigenvalue weighted by Gasteiger charge is 2.63. The number of rotatable bonds is 6. The minimum atomic E-state index is -0.785. The molecule has 1 fully saturated rings. The molecule has 2 aromatic carbocycles. The van der Waals surface area contributed by atoms with Gasteiger partial charge in [-0.15, -0.1) is 0 Å². The van der Waals surface area contributed by atoms with Gasteiger partial charge in [-0.25, -0.2) is 0 Å². The van der Waals surface area contributed by atoms with Gasteiger partial charge in [0.15, 0.2) is 0 Å². The molecule has 1 saturated heterocycles. The fourth-order valence-corrected chi connectivity index (χ4v) is 5.69. The van der Waals surface area contributed by atoms with E-state index in [1.165, 1.54) is 4.57 Å². The van der Waals surface area contributed by atoms with E-state index in [1.807, 2.05) is 24.3 Å². The summed E-state index contributed by atoms with van der Waals surface area (Å²) in [6.07, 6.45) is 4.54. The van der Waals surface area contributed by atoms with Crippen LogP contribution in [0.2, 0.25) is 0 Å². The van der Waals surface area contributed by atoms with Crippen molar-refractivity contribution >= 4 is 10.8 Å². The number of fused-ring (bicyclic) bond motifs is 6. The molecule has 0 radical (unpaired) electrons. The third-order valence-corrected chi connectivity index (χ3v) is 7.07. The fraction of sp³-hybridized carbons (Fsp3) is 0.400. The number of benzene rings is 2. The molecule has 3 aromatic rings. The summed E-state index contributed by atoms with van der Waals surface area (Å²) in [5, 5.41) is 43.6. The number of hydrogen-bond acceptors (Lipinski definition) is 5. The first-order valence-corrected chi connectivity index (χ1v) is 10.9. The van der Waals surface area contributed by atoms with Crippen molar-refractivity contribution in [1.82, 2.24) is 4.57 Å². The molecule has 2 aliphatic rings. The summed E-state index contributed by atoms with van der Waals surface area (Å²) in [5.41, 5.74) is 0.991. The second kappa shape index (κ2) is 7.01. The van der Waals surface area contributed by atoms with Gasteiger partial charge in [-0.2, -0.15) is 5.26 Å². The zero-order valence-electron chi connectivity index (χ0n) is 17.6. The molecule has 6 heteroatoms. The van der Waals surface area contributed by atoms with Crippen LogP contribution in [-0.4, -0.2) is 26.5 Å². The van der Waals surface area contributed by atoms with Gasteiger partial charge >= 0.3 is 0 Å². The van der Waals surface area contributed by atoms with Crippen molar-refractivity contribution in [2.75, 3.05) is 6.61 Å². The van der Waals surface area contributed by atoms with Crippen LogP contribution in [0.25, 0.3) is 16.5 Å². The lowest BCUT2D eigenvalue weighted by Crippen LogP contribution is -2.24. The van der Waals surface area contributed by atoms with Crippen LogP contribution in [0, 0.1) is 11.3 Å². The first kappa shape index (κ1) is 19.9. The highest BCUT2D eigenvalue weighted by atomic mass is 16.5. The van der Waals surface area contributed by atoms with Crippen LogP contribution in [0.3, 0.4) is 0 Å². The molecule has 0 aliphatic carbocycles. The first-order valence-electron chi connectivity index (χ1n) is 10.9. The number of aromatic hydroxyl groups is 2. The van der Waals surface area contributed by atoms with Crippen LogP contribution in [0.1, 0.15) is 62.1 Å². The average molecular weight is 418 g/mol. The van der Waals surface area contributed by atoms with E-state index in [0.29, 0.717) is 35.2 Å². The Morgan fingerprint density at radius 3 is 2.26 bits per heavy atom.